The molecular formula is C10H14N2O. The summed E-state index contributed by atoms with van der Waals surface area (Å²) < 4.78 is 0. The number of hydrogen-bond acceptors (Lipinski definition) is 2. The van der Waals surface area contributed by atoms with Gasteiger partial charge in [-0.3, -0.25) is 4.79 Å². The summed E-state index contributed by atoms with van der Waals surface area (Å²) in [7, 11) is 1.73. The second-order valence-electron chi connectivity index (χ2n) is 2.94. The Morgan fingerprint density at radius 1 is 1.46 bits per heavy atom. The molecule has 3 nitrogen and oxygen atoms in total. The monoisotopic (exact) mass is 178 g/mol. The van der Waals surface area contributed by atoms with Gasteiger partial charge in [-0.15, -0.1) is 0 Å². The molecule has 0 aliphatic rings. The Kier molecular flexibility index (Phi) is 3.03. The lowest BCUT2D eigenvalue weighted by atomic mass is 10.2. The summed E-state index contributed by atoms with van der Waals surface area (Å²) in [6.45, 7) is 2.01. The first-order chi connectivity index (χ1) is 6.16. The number of hydrogen-bond donors (Lipinski definition) is 1. The molecule has 0 unspecified atom stereocenters. The molecule has 0 fully saturated rings. The normalized spacial score (nSPS) is 9.77. The van der Waals surface area contributed by atoms with Crippen LogP contribution in [-0.4, -0.2) is 19.5 Å². The average molecular weight is 178 g/mol. The number of nitrogens with two attached hydrogens (primary N) is 1. The van der Waals surface area contributed by atoms with E-state index in [1.807, 2.05) is 31.2 Å². The van der Waals surface area contributed by atoms with E-state index < -0.39 is 0 Å². The van der Waals surface area contributed by atoms with Gasteiger partial charge in [0.2, 0.25) is 5.91 Å². The molecule has 1 aromatic carbocycles. The van der Waals surface area contributed by atoms with E-state index >= 15 is 0 Å². The summed E-state index contributed by atoms with van der Waals surface area (Å²) in [5.41, 5.74) is 7.26. The van der Waals surface area contributed by atoms with Gasteiger partial charge in [-0.1, -0.05) is 18.2 Å². The molecule has 0 aromatic heterocycles. The smallest absolute Gasteiger partial charge is 0.240 e. The lowest BCUT2D eigenvalue weighted by Gasteiger charge is -2.18. The van der Waals surface area contributed by atoms with Crippen LogP contribution in [0.2, 0.25) is 0 Å². The molecule has 0 heterocycles. The van der Waals surface area contributed by atoms with Crippen molar-refractivity contribution in [3.8, 4) is 0 Å². The maximum absolute atomic E-state index is 11.3. The molecule has 1 aromatic rings. The Morgan fingerprint density at radius 2 is 2.08 bits per heavy atom. The number of nitrogens with zero attached hydrogens (tertiary/aromatic N) is 1. The molecule has 13 heavy (non-hydrogen) atoms. The van der Waals surface area contributed by atoms with E-state index in [1.165, 1.54) is 0 Å². The minimum absolute atomic E-state index is 0.0465. The highest BCUT2D eigenvalue weighted by atomic mass is 16.2. The van der Waals surface area contributed by atoms with Gasteiger partial charge in [-0.2, -0.15) is 0 Å². The molecule has 0 saturated heterocycles. The van der Waals surface area contributed by atoms with Gasteiger partial charge >= 0.3 is 0 Å². The van der Waals surface area contributed by atoms with E-state index in [9.17, 15) is 4.79 Å². The van der Waals surface area contributed by atoms with Gasteiger partial charge in [-0.05, 0) is 18.6 Å². The molecule has 0 bridgehead atoms. The molecule has 0 spiro atoms. The molecule has 2 N–H and O–H groups in total. The Bertz CT molecular complexity index is 310. The van der Waals surface area contributed by atoms with Gasteiger partial charge in [0.05, 0.1) is 6.54 Å². The second-order valence-corrected chi connectivity index (χ2v) is 2.94. The average Bonchev–Trinajstić information content (AvgIpc) is 2.16. The number of carbonyl (C=O) groups is 1. The standard InChI is InChI=1S/C10H14N2O/c1-8-5-3-4-6-9(8)12(2)10(13)7-11/h3-6H,7,11H2,1-2H3. The number of carbonyl (C=O) groups excluding carboxylic acids is 1. The fourth-order valence-electron chi connectivity index (χ4n) is 1.21. The number of aryl methyl sites for hydroxylation is 1. The minimum Gasteiger partial charge on any atom is -0.322 e. The van der Waals surface area contributed by atoms with Crippen molar-refractivity contribution in [2.24, 2.45) is 5.73 Å². The number of rotatable bonds is 2. The largest absolute Gasteiger partial charge is 0.322 e. The van der Waals surface area contributed by atoms with Crippen molar-refractivity contribution in [1.29, 1.82) is 0 Å². The van der Waals surface area contributed by atoms with Crippen LogP contribution in [0.15, 0.2) is 24.3 Å². The zero-order chi connectivity index (χ0) is 9.84. The summed E-state index contributed by atoms with van der Waals surface area (Å²) in [5.74, 6) is -0.0747. The lowest BCUT2D eigenvalue weighted by Crippen LogP contribution is -2.32. The van der Waals surface area contributed by atoms with E-state index in [1.54, 1.807) is 11.9 Å². The van der Waals surface area contributed by atoms with Crippen molar-refractivity contribution in [2.45, 2.75) is 6.92 Å². The molecule has 70 valence electrons. The van der Waals surface area contributed by atoms with E-state index in [4.69, 9.17) is 5.73 Å². The van der Waals surface area contributed by atoms with Crippen LogP contribution >= 0.6 is 0 Å². The van der Waals surface area contributed by atoms with Crippen LogP contribution in [0, 0.1) is 6.92 Å². The fraction of sp³-hybridized carbons (Fsp3) is 0.300. The molecule has 0 radical (unpaired) electrons. The Labute approximate surface area is 78.2 Å². The third-order valence-corrected chi connectivity index (χ3v) is 2.03. The topological polar surface area (TPSA) is 46.3 Å². The maximum atomic E-state index is 11.3. The van der Waals surface area contributed by atoms with E-state index in [-0.39, 0.29) is 12.5 Å². The summed E-state index contributed by atoms with van der Waals surface area (Å²) in [6.07, 6.45) is 0. The molecule has 0 aliphatic carbocycles. The quantitative estimate of drug-likeness (QED) is 0.731. The molecule has 0 atom stereocenters. The van der Waals surface area contributed by atoms with E-state index in [0.29, 0.717) is 0 Å². The van der Waals surface area contributed by atoms with Crippen molar-refractivity contribution in [3.63, 3.8) is 0 Å². The minimum atomic E-state index is -0.0747. The highest BCUT2D eigenvalue weighted by Gasteiger charge is 2.09. The highest BCUT2D eigenvalue weighted by molar-refractivity contribution is 5.94. The Balaban J connectivity index is 2.95. The molecule has 1 rings (SSSR count). The highest BCUT2D eigenvalue weighted by Crippen LogP contribution is 2.17. The van der Waals surface area contributed by atoms with Gasteiger partial charge in [0.1, 0.15) is 0 Å². The predicted octanol–water partition coefficient (Wildman–Crippen LogP) is 0.917. The lowest BCUT2D eigenvalue weighted by molar-refractivity contribution is -0.117. The van der Waals surface area contributed by atoms with Gasteiger partial charge in [0, 0.05) is 12.7 Å². The number of likely N-dealkylation sites (N-methyl/N-ethyl adjacent to an activating group) is 1. The van der Waals surface area contributed by atoms with Gasteiger partial charge in [0.25, 0.3) is 0 Å². The summed E-state index contributed by atoms with van der Waals surface area (Å²) in [5, 5.41) is 0. The van der Waals surface area contributed by atoms with Crippen molar-refractivity contribution >= 4 is 11.6 Å². The van der Waals surface area contributed by atoms with Gasteiger partial charge in [-0.25, -0.2) is 0 Å². The predicted molar refractivity (Wildman–Crippen MR) is 53.6 cm³/mol. The third kappa shape index (κ3) is 2.06. The summed E-state index contributed by atoms with van der Waals surface area (Å²) >= 11 is 0. The first kappa shape index (κ1) is 9.74. The van der Waals surface area contributed by atoms with Crippen LogP contribution in [0.3, 0.4) is 0 Å². The van der Waals surface area contributed by atoms with E-state index in [2.05, 4.69) is 0 Å². The van der Waals surface area contributed by atoms with Gasteiger partial charge < -0.3 is 10.6 Å². The number of amides is 1. The van der Waals surface area contributed by atoms with Gasteiger partial charge in [0.15, 0.2) is 0 Å². The van der Waals surface area contributed by atoms with Crippen LogP contribution in [0.5, 0.6) is 0 Å². The van der Waals surface area contributed by atoms with E-state index in [0.717, 1.165) is 11.3 Å². The zero-order valence-corrected chi connectivity index (χ0v) is 7.95. The molecule has 0 aliphatic heterocycles. The number of para-hydroxylation sites is 1. The Morgan fingerprint density at radius 3 is 2.62 bits per heavy atom. The van der Waals surface area contributed by atoms with Crippen LogP contribution in [0.4, 0.5) is 5.69 Å². The van der Waals surface area contributed by atoms with Crippen LogP contribution in [0.25, 0.3) is 0 Å². The SMILES string of the molecule is Cc1ccccc1N(C)C(=O)CN. The maximum Gasteiger partial charge on any atom is 0.240 e. The summed E-state index contributed by atoms with van der Waals surface area (Å²) in [6, 6.07) is 7.72. The number of anilines is 1. The van der Waals surface area contributed by atoms with Crippen molar-refractivity contribution in [1.82, 2.24) is 0 Å². The Hall–Kier alpha value is -1.35. The molecule has 3 heteroatoms. The van der Waals surface area contributed by atoms with Crippen LogP contribution in [-0.2, 0) is 4.79 Å². The third-order valence-electron chi connectivity index (χ3n) is 2.03. The first-order valence-corrected chi connectivity index (χ1v) is 4.19. The molecular weight excluding hydrogens is 164 g/mol. The first-order valence-electron chi connectivity index (χ1n) is 4.19. The fourth-order valence-corrected chi connectivity index (χ4v) is 1.21. The summed E-state index contributed by atoms with van der Waals surface area (Å²) in [4.78, 5) is 12.8. The molecule has 0 saturated carbocycles. The van der Waals surface area contributed by atoms with Crippen molar-refractivity contribution < 1.29 is 4.79 Å². The van der Waals surface area contributed by atoms with Crippen molar-refractivity contribution in [2.75, 3.05) is 18.5 Å². The van der Waals surface area contributed by atoms with Crippen LogP contribution < -0.4 is 10.6 Å². The second kappa shape index (κ2) is 4.05. The number of benzene rings is 1. The van der Waals surface area contributed by atoms with Crippen LogP contribution in [0.1, 0.15) is 5.56 Å². The molecule has 1 amide bonds. The zero-order valence-electron chi connectivity index (χ0n) is 7.95. The van der Waals surface area contributed by atoms with Crippen molar-refractivity contribution in [3.05, 3.63) is 29.8 Å².